The minimum absolute atomic E-state index is 0.0168. The van der Waals surface area contributed by atoms with Gasteiger partial charge in [0.1, 0.15) is 4.60 Å². The number of halogens is 1. The molecule has 0 radical (unpaired) electrons. The number of aromatic nitrogens is 1. The first kappa shape index (κ1) is 15.7. The molecule has 0 unspecified atom stereocenters. The summed E-state index contributed by atoms with van der Waals surface area (Å²) in [5.41, 5.74) is 1.96. The molecule has 21 heavy (non-hydrogen) atoms. The number of amides is 1. The summed E-state index contributed by atoms with van der Waals surface area (Å²) in [6, 6.07) is 13.9. The highest BCUT2D eigenvalue weighted by atomic mass is 79.9. The largest absolute Gasteiger partial charge is 0.325 e. The zero-order chi connectivity index (χ0) is 15.3. The lowest BCUT2D eigenvalue weighted by molar-refractivity contribution is -0.116. The number of benzene rings is 1. The van der Waals surface area contributed by atoms with Crippen LogP contribution in [0.1, 0.15) is 32.3 Å². The third-order valence-electron chi connectivity index (χ3n) is 3.54. The second-order valence-electron chi connectivity index (χ2n) is 5.67. The van der Waals surface area contributed by atoms with E-state index in [9.17, 15) is 4.79 Å². The number of anilines is 1. The Bertz CT molecular complexity index is 594. The molecule has 1 amide bonds. The number of nitrogens with one attached hydrogen (secondary N) is 1. The SMILES string of the molecule is CC(C)(CCC(=O)Nc1ccc(Br)nc1)c1ccccc1. The third kappa shape index (κ3) is 4.67. The molecule has 0 saturated carbocycles. The monoisotopic (exact) mass is 346 g/mol. The molecule has 2 aromatic rings. The van der Waals surface area contributed by atoms with E-state index in [2.05, 4.69) is 52.2 Å². The molecular formula is C17H19BrN2O. The number of carbonyl (C=O) groups excluding carboxylic acids is 1. The molecule has 0 spiro atoms. The first-order valence-corrected chi connectivity index (χ1v) is 7.74. The van der Waals surface area contributed by atoms with Crippen LogP contribution in [0, 0.1) is 0 Å². The van der Waals surface area contributed by atoms with E-state index in [1.807, 2.05) is 30.3 Å². The van der Waals surface area contributed by atoms with Crippen LogP contribution in [0.5, 0.6) is 0 Å². The summed E-state index contributed by atoms with van der Waals surface area (Å²) in [5, 5.41) is 2.87. The average molecular weight is 347 g/mol. The van der Waals surface area contributed by atoms with Gasteiger partial charge in [0.25, 0.3) is 0 Å². The lowest BCUT2D eigenvalue weighted by Gasteiger charge is -2.25. The van der Waals surface area contributed by atoms with Crippen LogP contribution in [0.4, 0.5) is 5.69 Å². The second kappa shape index (κ2) is 6.85. The standard InChI is InChI=1S/C17H19BrN2O/c1-17(2,13-6-4-3-5-7-13)11-10-16(21)20-14-8-9-15(18)19-12-14/h3-9,12H,10-11H2,1-2H3,(H,20,21). The van der Waals surface area contributed by atoms with Crippen molar-refractivity contribution in [2.24, 2.45) is 0 Å². The summed E-state index contributed by atoms with van der Waals surface area (Å²) < 4.78 is 0.755. The maximum atomic E-state index is 12.0. The van der Waals surface area contributed by atoms with Crippen molar-refractivity contribution < 1.29 is 4.79 Å². The van der Waals surface area contributed by atoms with Crippen LogP contribution in [-0.2, 0) is 10.2 Å². The normalized spacial score (nSPS) is 11.2. The molecule has 0 aliphatic heterocycles. The van der Waals surface area contributed by atoms with Gasteiger partial charge in [0, 0.05) is 6.42 Å². The Morgan fingerprint density at radius 2 is 1.90 bits per heavy atom. The molecule has 0 aliphatic carbocycles. The third-order valence-corrected chi connectivity index (χ3v) is 4.01. The van der Waals surface area contributed by atoms with Crippen molar-refractivity contribution in [1.82, 2.24) is 4.98 Å². The minimum Gasteiger partial charge on any atom is -0.325 e. The van der Waals surface area contributed by atoms with Gasteiger partial charge in [0.15, 0.2) is 0 Å². The molecular weight excluding hydrogens is 328 g/mol. The molecule has 1 heterocycles. The smallest absolute Gasteiger partial charge is 0.224 e. The van der Waals surface area contributed by atoms with Gasteiger partial charge < -0.3 is 5.32 Å². The van der Waals surface area contributed by atoms with Gasteiger partial charge in [0.05, 0.1) is 11.9 Å². The van der Waals surface area contributed by atoms with Gasteiger partial charge in [-0.2, -0.15) is 0 Å². The first-order chi connectivity index (χ1) is 9.97. The fourth-order valence-electron chi connectivity index (χ4n) is 2.13. The van der Waals surface area contributed by atoms with Crippen molar-refractivity contribution in [2.75, 3.05) is 5.32 Å². The van der Waals surface area contributed by atoms with Crippen LogP contribution in [0.2, 0.25) is 0 Å². The van der Waals surface area contributed by atoms with Gasteiger partial charge in [-0.15, -0.1) is 0 Å². The van der Waals surface area contributed by atoms with Crippen LogP contribution in [0.15, 0.2) is 53.3 Å². The quantitative estimate of drug-likeness (QED) is 0.807. The molecule has 110 valence electrons. The van der Waals surface area contributed by atoms with E-state index in [1.54, 1.807) is 6.20 Å². The maximum absolute atomic E-state index is 12.0. The van der Waals surface area contributed by atoms with Gasteiger partial charge >= 0.3 is 0 Å². The van der Waals surface area contributed by atoms with Crippen molar-refractivity contribution in [1.29, 1.82) is 0 Å². The molecule has 1 N–H and O–H groups in total. The molecule has 3 nitrogen and oxygen atoms in total. The van der Waals surface area contributed by atoms with Crippen LogP contribution >= 0.6 is 15.9 Å². The lowest BCUT2D eigenvalue weighted by atomic mass is 9.80. The number of nitrogens with zero attached hydrogens (tertiary/aromatic N) is 1. The van der Waals surface area contributed by atoms with Gasteiger partial charge in [-0.1, -0.05) is 44.2 Å². The molecule has 0 bridgehead atoms. The van der Waals surface area contributed by atoms with E-state index in [1.165, 1.54) is 5.56 Å². The molecule has 0 aliphatic rings. The summed E-state index contributed by atoms with van der Waals surface area (Å²) in [5.74, 6) is 0.0168. The molecule has 2 rings (SSSR count). The first-order valence-electron chi connectivity index (χ1n) is 6.94. The fourth-order valence-corrected chi connectivity index (χ4v) is 2.37. The van der Waals surface area contributed by atoms with Crippen LogP contribution in [0.25, 0.3) is 0 Å². The zero-order valence-corrected chi connectivity index (χ0v) is 13.9. The topological polar surface area (TPSA) is 42.0 Å². The Kier molecular flexibility index (Phi) is 5.12. The van der Waals surface area contributed by atoms with E-state index in [0.29, 0.717) is 6.42 Å². The fraction of sp³-hybridized carbons (Fsp3) is 0.294. The zero-order valence-electron chi connectivity index (χ0n) is 12.3. The summed E-state index contributed by atoms with van der Waals surface area (Å²) in [4.78, 5) is 16.1. The summed E-state index contributed by atoms with van der Waals surface area (Å²) in [6.07, 6.45) is 2.93. The molecule has 1 aromatic heterocycles. The van der Waals surface area contributed by atoms with E-state index in [4.69, 9.17) is 0 Å². The van der Waals surface area contributed by atoms with E-state index in [-0.39, 0.29) is 11.3 Å². The van der Waals surface area contributed by atoms with Crippen molar-refractivity contribution in [3.05, 3.63) is 58.8 Å². The highest BCUT2D eigenvalue weighted by Gasteiger charge is 2.21. The average Bonchev–Trinajstić information content (AvgIpc) is 2.49. The highest BCUT2D eigenvalue weighted by molar-refractivity contribution is 9.10. The minimum atomic E-state index is -0.0173. The van der Waals surface area contributed by atoms with Crippen molar-refractivity contribution >= 4 is 27.5 Å². The van der Waals surface area contributed by atoms with Gasteiger partial charge in [-0.05, 0) is 45.5 Å². The van der Waals surface area contributed by atoms with E-state index < -0.39 is 0 Å². The Morgan fingerprint density at radius 1 is 1.19 bits per heavy atom. The van der Waals surface area contributed by atoms with Crippen molar-refractivity contribution in [3.63, 3.8) is 0 Å². The Hall–Kier alpha value is -1.68. The summed E-state index contributed by atoms with van der Waals surface area (Å²) in [7, 11) is 0. The second-order valence-corrected chi connectivity index (χ2v) is 6.48. The summed E-state index contributed by atoms with van der Waals surface area (Å²) >= 11 is 3.27. The maximum Gasteiger partial charge on any atom is 0.224 e. The van der Waals surface area contributed by atoms with Crippen molar-refractivity contribution in [2.45, 2.75) is 32.1 Å². The highest BCUT2D eigenvalue weighted by Crippen LogP contribution is 2.28. The van der Waals surface area contributed by atoms with Crippen LogP contribution in [0.3, 0.4) is 0 Å². The molecule has 0 atom stereocenters. The number of carbonyl (C=O) groups is 1. The summed E-state index contributed by atoms with van der Waals surface area (Å²) in [6.45, 7) is 4.33. The predicted molar refractivity (Wildman–Crippen MR) is 89.3 cm³/mol. The molecule has 4 heteroatoms. The van der Waals surface area contributed by atoms with Crippen molar-refractivity contribution in [3.8, 4) is 0 Å². The number of hydrogen-bond donors (Lipinski definition) is 1. The molecule has 0 saturated heterocycles. The number of rotatable bonds is 5. The van der Waals surface area contributed by atoms with Gasteiger partial charge in [-0.3, -0.25) is 4.79 Å². The number of pyridine rings is 1. The van der Waals surface area contributed by atoms with Crippen LogP contribution < -0.4 is 5.32 Å². The predicted octanol–water partition coefficient (Wildman–Crippen LogP) is 4.54. The number of hydrogen-bond acceptors (Lipinski definition) is 2. The van der Waals surface area contributed by atoms with E-state index in [0.717, 1.165) is 16.7 Å². The molecule has 1 aromatic carbocycles. The van der Waals surface area contributed by atoms with Gasteiger partial charge in [0.2, 0.25) is 5.91 Å². The van der Waals surface area contributed by atoms with Crippen LogP contribution in [-0.4, -0.2) is 10.9 Å². The Balaban J connectivity index is 1.90. The lowest BCUT2D eigenvalue weighted by Crippen LogP contribution is -2.21. The van der Waals surface area contributed by atoms with E-state index >= 15 is 0 Å². The Labute approximate surface area is 133 Å². The Morgan fingerprint density at radius 3 is 2.52 bits per heavy atom. The van der Waals surface area contributed by atoms with Gasteiger partial charge in [-0.25, -0.2) is 4.98 Å². The molecule has 0 fully saturated rings.